The number of hydrogen-bond acceptors (Lipinski definition) is 10. The molecule has 0 aliphatic carbocycles. The largest absolute Gasteiger partial charge is 0.472 e. The fourth-order valence-electron chi connectivity index (χ4n) is 7.75. The van der Waals surface area contributed by atoms with E-state index in [0.29, 0.717) is 19.3 Å². The predicted molar refractivity (Wildman–Crippen MR) is 316 cm³/mol. The Morgan fingerprint density at radius 3 is 1.11 bits per heavy atom. The van der Waals surface area contributed by atoms with Gasteiger partial charge in [-0.2, -0.15) is 0 Å². The van der Waals surface area contributed by atoms with Crippen LogP contribution in [0.1, 0.15) is 239 Å². The van der Waals surface area contributed by atoms with Crippen LogP contribution in [-0.2, 0) is 42.2 Å². The van der Waals surface area contributed by atoms with Crippen LogP contribution in [0, 0.1) is 0 Å². The standard InChI is InChI=1S/C64H107O11P/c1-4-7-10-13-16-19-22-25-27-29-30-32-33-36-38-41-44-47-50-53-62(66)71-57-61(75-64(68)55-52-49-46-43-40-37-34-31-28-26-23-20-17-14-11-8-5-2)59-73-76(69,70)72-58-60(56-65)74-63(67)54-51-48-45-42-39-35-24-21-18-15-12-9-6-3/h7-8,10-11,16-17,19-20,25-28,30,32,36,38,44,47,60-61,65H,4-6,9,12-15,18,21-24,29,31,33-35,37,39-43,45-46,48-59H2,1-3H3,(H,69,70)/b10-7-,11-8-,19-16-,20-17-,27-25-,28-26-,32-30-,38-36-,47-44-. The summed E-state index contributed by atoms with van der Waals surface area (Å²) in [6, 6.07) is 0. The number of aliphatic hydroxyl groups is 1. The molecule has 0 heterocycles. The Morgan fingerprint density at radius 2 is 0.711 bits per heavy atom. The lowest BCUT2D eigenvalue weighted by Gasteiger charge is -2.21. The average molecular weight is 1080 g/mol. The first-order valence-corrected chi connectivity index (χ1v) is 31.3. The van der Waals surface area contributed by atoms with Crippen molar-refractivity contribution in [3.63, 3.8) is 0 Å². The number of aliphatic hydroxyl groups excluding tert-OH is 1. The van der Waals surface area contributed by atoms with Crippen LogP contribution in [0.2, 0.25) is 0 Å². The van der Waals surface area contributed by atoms with Crippen LogP contribution < -0.4 is 0 Å². The molecule has 12 heteroatoms. The van der Waals surface area contributed by atoms with Crippen molar-refractivity contribution >= 4 is 25.7 Å². The Bertz CT molecular complexity index is 1690. The third kappa shape index (κ3) is 54.9. The molecule has 0 aromatic carbocycles. The van der Waals surface area contributed by atoms with Crippen LogP contribution in [0.5, 0.6) is 0 Å². The number of hydrogen-bond donors (Lipinski definition) is 2. The van der Waals surface area contributed by atoms with Crippen molar-refractivity contribution < 1.29 is 52.2 Å². The Labute approximate surface area is 463 Å². The van der Waals surface area contributed by atoms with Crippen molar-refractivity contribution in [2.75, 3.05) is 26.4 Å². The number of ether oxygens (including phenoxy) is 3. The maximum atomic E-state index is 12.9. The second kappa shape index (κ2) is 57.3. The zero-order valence-electron chi connectivity index (χ0n) is 47.9. The second-order valence-corrected chi connectivity index (χ2v) is 20.9. The van der Waals surface area contributed by atoms with E-state index in [9.17, 15) is 28.9 Å². The molecule has 434 valence electrons. The lowest BCUT2D eigenvalue weighted by Crippen LogP contribution is -2.30. The van der Waals surface area contributed by atoms with E-state index in [1.165, 1.54) is 57.8 Å². The number of allylic oxidation sites excluding steroid dienone is 18. The summed E-state index contributed by atoms with van der Waals surface area (Å²) in [4.78, 5) is 48.6. The summed E-state index contributed by atoms with van der Waals surface area (Å²) in [7, 11) is -4.77. The summed E-state index contributed by atoms with van der Waals surface area (Å²) in [5, 5.41) is 9.82. The van der Waals surface area contributed by atoms with Crippen molar-refractivity contribution in [1.29, 1.82) is 0 Å². The van der Waals surface area contributed by atoms with Gasteiger partial charge in [0.1, 0.15) is 12.7 Å². The zero-order chi connectivity index (χ0) is 55.5. The van der Waals surface area contributed by atoms with Crippen LogP contribution in [0.3, 0.4) is 0 Å². The van der Waals surface area contributed by atoms with Crippen LogP contribution in [0.4, 0.5) is 0 Å². The topological polar surface area (TPSA) is 155 Å². The summed E-state index contributed by atoms with van der Waals surface area (Å²) >= 11 is 0. The van der Waals surface area contributed by atoms with Crippen molar-refractivity contribution in [2.24, 2.45) is 0 Å². The molecule has 0 aliphatic rings. The lowest BCUT2D eigenvalue weighted by atomic mass is 10.0. The van der Waals surface area contributed by atoms with E-state index >= 15 is 0 Å². The number of phosphoric acid groups is 1. The van der Waals surface area contributed by atoms with Gasteiger partial charge < -0.3 is 24.2 Å². The molecule has 0 saturated carbocycles. The van der Waals surface area contributed by atoms with E-state index in [0.717, 1.165) is 122 Å². The minimum atomic E-state index is -4.77. The minimum absolute atomic E-state index is 0.0949. The Balaban J connectivity index is 4.85. The van der Waals surface area contributed by atoms with E-state index < -0.39 is 57.8 Å². The summed E-state index contributed by atoms with van der Waals surface area (Å²) < 4.78 is 39.5. The Morgan fingerprint density at radius 1 is 0.382 bits per heavy atom. The third-order valence-corrected chi connectivity index (χ3v) is 13.2. The van der Waals surface area contributed by atoms with Crippen LogP contribution in [-0.4, -0.2) is 66.5 Å². The maximum absolute atomic E-state index is 12.9. The summed E-state index contributed by atoms with van der Waals surface area (Å²) in [6.07, 6.45) is 69.1. The molecule has 11 nitrogen and oxygen atoms in total. The third-order valence-electron chi connectivity index (χ3n) is 12.2. The van der Waals surface area contributed by atoms with Gasteiger partial charge in [-0.3, -0.25) is 23.4 Å². The van der Waals surface area contributed by atoms with Gasteiger partial charge in [0, 0.05) is 19.3 Å². The second-order valence-electron chi connectivity index (χ2n) is 19.4. The molecule has 0 amide bonds. The molecule has 0 saturated heterocycles. The van der Waals surface area contributed by atoms with Crippen LogP contribution >= 0.6 is 7.82 Å². The molecule has 0 radical (unpaired) electrons. The molecular formula is C64H107O11P. The fourth-order valence-corrected chi connectivity index (χ4v) is 8.53. The molecule has 0 rings (SSSR count). The first kappa shape index (κ1) is 72.1. The van der Waals surface area contributed by atoms with Gasteiger partial charge in [-0.05, 0) is 89.9 Å². The van der Waals surface area contributed by atoms with Crippen molar-refractivity contribution in [2.45, 2.75) is 251 Å². The Kier molecular flexibility index (Phi) is 54.4. The van der Waals surface area contributed by atoms with Crippen LogP contribution in [0.25, 0.3) is 0 Å². The first-order chi connectivity index (χ1) is 37.2. The van der Waals surface area contributed by atoms with Crippen molar-refractivity contribution in [3.05, 3.63) is 109 Å². The van der Waals surface area contributed by atoms with Gasteiger partial charge in [-0.25, -0.2) is 4.57 Å². The molecule has 0 aliphatic heterocycles. The quantitative estimate of drug-likeness (QED) is 0.0197. The zero-order valence-corrected chi connectivity index (χ0v) is 48.8. The van der Waals surface area contributed by atoms with Gasteiger partial charge in [-0.1, -0.05) is 239 Å². The van der Waals surface area contributed by atoms with Gasteiger partial charge in [0.05, 0.1) is 19.8 Å². The minimum Gasteiger partial charge on any atom is -0.462 e. The SMILES string of the molecule is CC/C=C\C/C=C\C/C=C\C/C=C\C/C=C\C/C=C\CCC(=O)OCC(COP(=O)(O)OCC(CO)OC(=O)CCCCCCCCCCCCCCC)OC(=O)CCCCCCCCC/C=C\C/C=C\C/C=C\CC. The summed E-state index contributed by atoms with van der Waals surface area (Å²) in [6.45, 7) is 4.33. The molecule has 76 heavy (non-hydrogen) atoms. The number of unbranched alkanes of at least 4 members (excludes halogenated alkanes) is 19. The number of phosphoric ester groups is 1. The highest BCUT2D eigenvalue weighted by Crippen LogP contribution is 2.43. The molecule has 2 N–H and O–H groups in total. The molecule has 3 atom stereocenters. The van der Waals surface area contributed by atoms with Crippen molar-refractivity contribution in [3.8, 4) is 0 Å². The Hall–Kier alpha value is -3.86. The number of carbonyl (C=O) groups excluding carboxylic acids is 3. The lowest BCUT2D eigenvalue weighted by molar-refractivity contribution is -0.161. The van der Waals surface area contributed by atoms with Gasteiger partial charge in [0.15, 0.2) is 6.10 Å². The van der Waals surface area contributed by atoms with E-state index in [2.05, 4.69) is 118 Å². The van der Waals surface area contributed by atoms with Gasteiger partial charge >= 0.3 is 25.7 Å². The van der Waals surface area contributed by atoms with Crippen molar-refractivity contribution in [1.82, 2.24) is 0 Å². The fraction of sp³-hybridized carbons (Fsp3) is 0.672. The molecule has 3 unspecified atom stereocenters. The molecule has 0 bridgehead atoms. The van der Waals surface area contributed by atoms with Gasteiger partial charge in [0.2, 0.25) is 0 Å². The van der Waals surface area contributed by atoms with E-state index in [1.807, 2.05) is 12.2 Å². The van der Waals surface area contributed by atoms with Gasteiger partial charge in [-0.15, -0.1) is 0 Å². The predicted octanol–water partition coefficient (Wildman–Crippen LogP) is 17.8. The highest BCUT2D eigenvalue weighted by Gasteiger charge is 2.28. The average Bonchev–Trinajstić information content (AvgIpc) is 3.41. The highest BCUT2D eigenvalue weighted by atomic mass is 31.2. The highest BCUT2D eigenvalue weighted by molar-refractivity contribution is 7.47. The summed E-state index contributed by atoms with van der Waals surface area (Å²) in [5.41, 5.74) is 0. The van der Waals surface area contributed by atoms with Crippen LogP contribution in [0.15, 0.2) is 109 Å². The number of carbonyl (C=O) groups is 3. The summed E-state index contributed by atoms with van der Waals surface area (Å²) in [5.74, 6) is -1.58. The molecular weight excluding hydrogens is 976 g/mol. The maximum Gasteiger partial charge on any atom is 0.472 e. The van der Waals surface area contributed by atoms with Gasteiger partial charge in [0.25, 0.3) is 0 Å². The molecule has 0 fully saturated rings. The number of rotatable bonds is 54. The normalized spacial score (nSPS) is 14.1. The molecule has 0 aromatic rings. The van der Waals surface area contributed by atoms with E-state index in [1.54, 1.807) is 0 Å². The first-order valence-electron chi connectivity index (χ1n) is 29.8. The monoisotopic (exact) mass is 1080 g/mol. The molecule has 0 aromatic heterocycles. The number of esters is 3. The smallest absolute Gasteiger partial charge is 0.462 e. The van der Waals surface area contributed by atoms with E-state index in [4.69, 9.17) is 23.3 Å². The van der Waals surface area contributed by atoms with E-state index in [-0.39, 0.29) is 25.9 Å². The molecule has 0 spiro atoms.